The summed E-state index contributed by atoms with van der Waals surface area (Å²) < 4.78 is 0. The lowest BCUT2D eigenvalue weighted by Crippen LogP contribution is -1.79. The van der Waals surface area contributed by atoms with Crippen molar-refractivity contribution in [3.8, 4) is 0 Å². The van der Waals surface area contributed by atoms with Gasteiger partial charge in [-0.25, -0.2) is 0 Å². The van der Waals surface area contributed by atoms with Gasteiger partial charge in [0, 0.05) is 19.6 Å². The van der Waals surface area contributed by atoms with E-state index in [4.69, 9.17) is 0 Å². The molecule has 3 rings (SSSR count). The molecule has 0 nitrogen and oxygen atoms in total. The third-order valence-corrected chi connectivity index (χ3v) is 5.71. The average molecular weight is 274 g/mol. The van der Waals surface area contributed by atoms with Crippen LogP contribution in [0.1, 0.15) is 0 Å². The smallest absolute Gasteiger partial charge is 0.0262 e. The van der Waals surface area contributed by atoms with E-state index < -0.39 is 0 Å². The molecule has 1 aliphatic heterocycles. The topological polar surface area (TPSA) is 0 Å². The minimum absolute atomic E-state index is 1.33. The summed E-state index contributed by atoms with van der Waals surface area (Å²) in [6, 6.07) is 17.1. The number of hydrogen-bond donors (Lipinski definition) is 0. The van der Waals surface area contributed by atoms with Crippen LogP contribution >= 0.6 is 35.3 Å². The zero-order valence-corrected chi connectivity index (χ0v) is 11.4. The van der Waals surface area contributed by atoms with Crippen LogP contribution in [-0.2, 0) is 0 Å². The van der Waals surface area contributed by atoms with E-state index >= 15 is 0 Å². The molecule has 0 unspecified atom stereocenters. The number of hydrogen-bond acceptors (Lipinski definition) is 3. The first-order valence-electron chi connectivity index (χ1n) is 5.28. The van der Waals surface area contributed by atoms with E-state index in [1.165, 1.54) is 19.6 Å². The molecule has 0 aromatic heterocycles. The van der Waals surface area contributed by atoms with Gasteiger partial charge in [0.1, 0.15) is 0 Å². The van der Waals surface area contributed by atoms with Gasteiger partial charge in [0.15, 0.2) is 0 Å². The van der Waals surface area contributed by atoms with Gasteiger partial charge in [-0.1, -0.05) is 59.6 Å². The molecule has 2 aromatic carbocycles. The van der Waals surface area contributed by atoms with Gasteiger partial charge in [-0.2, -0.15) is 0 Å². The van der Waals surface area contributed by atoms with Crippen molar-refractivity contribution < 1.29 is 0 Å². The van der Waals surface area contributed by atoms with E-state index in [1.807, 2.05) is 11.8 Å². The summed E-state index contributed by atoms with van der Waals surface area (Å²) in [7, 11) is 0. The Hall–Kier alpha value is -0.770. The Kier molecular flexibility index (Phi) is 3.50. The molecule has 0 N–H and O–H groups in total. The highest BCUT2D eigenvalue weighted by Gasteiger charge is 2.08. The van der Waals surface area contributed by atoms with Gasteiger partial charge in [-0.05, 0) is 35.1 Å². The SMILES string of the molecule is C1=C\Sc2ccccc2Sc2ccccc2S/1. The normalized spacial score (nSPS) is 16.0. The Bertz CT molecular complexity index is 511. The average Bonchev–Trinajstić information content (AvgIpc) is 2.46. The van der Waals surface area contributed by atoms with Crippen LogP contribution in [0.2, 0.25) is 0 Å². The summed E-state index contributed by atoms with van der Waals surface area (Å²) in [5.41, 5.74) is 0. The van der Waals surface area contributed by atoms with Crippen molar-refractivity contribution in [1.82, 2.24) is 0 Å². The monoisotopic (exact) mass is 274 g/mol. The number of thioether (sulfide) groups is 2. The Morgan fingerprint density at radius 3 is 1.41 bits per heavy atom. The van der Waals surface area contributed by atoms with Gasteiger partial charge in [-0.15, -0.1) is 0 Å². The fourth-order valence-corrected chi connectivity index (χ4v) is 4.41. The van der Waals surface area contributed by atoms with Crippen molar-refractivity contribution in [2.45, 2.75) is 19.6 Å². The molecule has 0 amide bonds. The highest BCUT2D eigenvalue weighted by Crippen LogP contribution is 2.42. The summed E-state index contributed by atoms with van der Waals surface area (Å²) in [6.07, 6.45) is 0. The van der Waals surface area contributed by atoms with E-state index in [0.29, 0.717) is 0 Å². The molecule has 0 bridgehead atoms. The van der Waals surface area contributed by atoms with Crippen LogP contribution in [0, 0.1) is 0 Å². The fraction of sp³-hybridized carbons (Fsp3) is 0. The summed E-state index contributed by atoms with van der Waals surface area (Å²) in [6.45, 7) is 0. The Morgan fingerprint density at radius 2 is 0.941 bits per heavy atom. The minimum Gasteiger partial charge on any atom is -0.0963 e. The van der Waals surface area contributed by atoms with Crippen molar-refractivity contribution in [3.05, 3.63) is 59.3 Å². The van der Waals surface area contributed by atoms with E-state index in [0.717, 1.165) is 0 Å². The van der Waals surface area contributed by atoms with Crippen LogP contribution in [0.5, 0.6) is 0 Å². The molecular formula is C14H10S3. The molecule has 0 saturated carbocycles. The third-order valence-electron chi connectivity index (χ3n) is 2.36. The van der Waals surface area contributed by atoms with Crippen molar-refractivity contribution in [2.75, 3.05) is 0 Å². The van der Waals surface area contributed by atoms with Gasteiger partial charge in [0.2, 0.25) is 0 Å². The Labute approximate surface area is 114 Å². The molecule has 0 radical (unpaired) electrons. The first kappa shape index (κ1) is 11.3. The molecule has 0 atom stereocenters. The predicted octanol–water partition coefficient (Wildman–Crippen LogP) is 5.51. The summed E-state index contributed by atoms with van der Waals surface area (Å²) in [5, 5.41) is 4.32. The quantitative estimate of drug-likeness (QED) is 0.622. The standard InChI is InChI=1S/C14H10S3/c1-3-7-13-11(5-1)15-9-10-16-12-6-2-4-8-14(12)17-13/h1-10H/b10-9-. The van der Waals surface area contributed by atoms with Gasteiger partial charge in [0.05, 0.1) is 0 Å². The molecule has 1 aliphatic rings. The van der Waals surface area contributed by atoms with Gasteiger partial charge >= 0.3 is 0 Å². The largest absolute Gasteiger partial charge is 0.0963 e. The van der Waals surface area contributed by atoms with E-state index in [1.54, 1.807) is 23.5 Å². The lowest BCUT2D eigenvalue weighted by atomic mass is 10.4. The van der Waals surface area contributed by atoms with Crippen molar-refractivity contribution in [2.24, 2.45) is 0 Å². The summed E-state index contributed by atoms with van der Waals surface area (Å²) >= 11 is 5.42. The third kappa shape index (κ3) is 2.57. The molecule has 3 heteroatoms. The second-order valence-electron chi connectivity index (χ2n) is 3.50. The van der Waals surface area contributed by atoms with Crippen LogP contribution in [0.3, 0.4) is 0 Å². The molecule has 84 valence electrons. The van der Waals surface area contributed by atoms with Crippen molar-refractivity contribution in [3.63, 3.8) is 0 Å². The van der Waals surface area contributed by atoms with Crippen LogP contribution in [0.25, 0.3) is 0 Å². The molecule has 0 spiro atoms. The number of benzene rings is 2. The molecule has 1 heterocycles. The maximum Gasteiger partial charge on any atom is 0.0262 e. The van der Waals surface area contributed by atoms with Gasteiger partial charge < -0.3 is 0 Å². The lowest BCUT2D eigenvalue weighted by molar-refractivity contribution is 1.21. The van der Waals surface area contributed by atoms with Crippen LogP contribution < -0.4 is 0 Å². The van der Waals surface area contributed by atoms with Gasteiger partial charge in [0.25, 0.3) is 0 Å². The molecule has 2 aromatic rings. The zero-order valence-electron chi connectivity index (χ0n) is 9.00. The van der Waals surface area contributed by atoms with Crippen LogP contribution in [-0.4, -0.2) is 0 Å². The van der Waals surface area contributed by atoms with Crippen molar-refractivity contribution >= 4 is 35.3 Å². The highest BCUT2D eigenvalue weighted by atomic mass is 32.2. The Morgan fingerprint density at radius 1 is 0.529 bits per heavy atom. The predicted molar refractivity (Wildman–Crippen MR) is 77.9 cm³/mol. The zero-order chi connectivity index (χ0) is 11.5. The minimum atomic E-state index is 1.33. The first-order chi connectivity index (χ1) is 8.43. The second-order valence-corrected chi connectivity index (χ2v) is 6.48. The van der Waals surface area contributed by atoms with Crippen molar-refractivity contribution in [1.29, 1.82) is 0 Å². The maximum absolute atomic E-state index is 2.19. The van der Waals surface area contributed by atoms with E-state index in [9.17, 15) is 0 Å². The maximum atomic E-state index is 2.19. The second kappa shape index (κ2) is 5.25. The number of rotatable bonds is 0. The number of fused-ring (bicyclic) bond motifs is 2. The first-order valence-corrected chi connectivity index (χ1v) is 7.85. The highest BCUT2D eigenvalue weighted by molar-refractivity contribution is 8.07. The summed E-state index contributed by atoms with van der Waals surface area (Å²) in [4.78, 5) is 5.31. The van der Waals surface area contributed by atoms with Crippen LogP contribution in [0.4, 0.5) is 0 Å². The molecule has 17 heavy (non-hydrogen) atoms. The van der Waals surface area contributed by atoms with E-state index in [2.05, 4.69) is 59.3 Å². The summed E-state index contributed by atoms with van der Waals surface area (Å²) in [5.74, 6) is 0. The molecular weight excluding hydrogens is 264 g/mol. The Balaban J connectivity index is 2.10. The van der Waals surface area contributed by atoms with E-state index in [-0.39, 0.29) is 0 Å². The van der Waals surface area contributed by atoms with Crippen LogP contribution in [0.15, 0.2) is 78.9 Å². The van der Waals surface area contributed by atoms with Gasteiger partial charge in [-0.3, -0.25) is 0 Å². The fourth-order valence-electron chi connectivity index (χ4n) is 1.58. The lowest BCUT2D eigenvalue weighted by Gasteiger charge is -2.08. The molecule has 0 fully saturated rings. The molecule has 0 saturated heterocycles. The molecule has 0 aliphatic carbocycles.